The molecule has 15 heavy (non-hydrogen) atoms. The highest BCUT2D eigenvalue weighted by Gasteiger charge is 2.02. The van der Waals surface area contributed by atoms with Gasteiger partial charge in [0.15, 0.2) is 0 Å². The number of unbranched alkanes of at least 4 members (excludes halogenated alkanes) is 4. The van der Waals surface area contributed by atoms with Crippen LogP contribution in [0.3, 0.4) is 0 Å². The third-order valence-corrected chi connectivity index (χ3v) is 2.68. The van der Waals surface area contributed by atoms with Gasteiger partial charge in [0.05, 0.1) is 0 Å². The second kappa shape index (κ2) is 9.97. The fourth-order valence-electron chi connectivity index (χ4n) is 1.68. The number of rotatable bonds is 10. The van der Waals surface area contributed by atoms with E-state index in [-0.39, 0.29) is 5.91 Å². The molecular weight excluding hydrogens is 188 g/mol. The lowest BCUT2D eigenvalue weighted by atomic mass is 10.0. The zero-order valence-corrected chi connectivity index (χ0v) is 10.0. The van der Waals surface area contributed by atoms with E-state index in [0.717, 1.165) is 25.7 Å². The number of amides is 1. The normalized spacial score (nSPS) is 12.7. The lowest BCUT2D eigenvalue weighted by Gasteiger charge is -2.10. The first-order chi connectivity index (χ1) is 7.16. The average Bonchev–Trinajstić information content (AvgIpc) is 2.19. The number of nitrogens with two attached hydrogens (primary N) is 2. The molecule has 0 aromatic heterocycles. The van der Waals surface area contributed by atoms with Crippen molar-refractivity contribution in [3.63, 3.8) is 0 Å². The molecule has 0 aliphatic rings. The van der Waals surface area contributed by atoms with Gasteiger partial charge in [0.1, 0.15) is 0 Å². The summed E-state index contributed by atoms with van der Waals surface area (Å²) in [5.41, 5.74) is 11.0. The Balaban J connectivity index is 3.18. The van der Waals surface area contributed by atoms with Gasteiger partial charge in [-0.25, -0.2) is 0 Å². The zero-order valence-electron chi connectivity index (χ0n) is 10.0. The first-order valence-corrected chi connectivity index (χ1v) is 6.20. The predicted molar refractivity (Wildman–Crippen MR) is 64.4 cm³/mol. The summed E-state index contributed by atoms with van der Waals surface area (Å²) < 4.78 is 0. The van der Waals surface area contributed by atoms with Gasteiger partial charge in [0.25, 0.3) is 0 Å². The van der Waals surface area contributed by atoms with E-state index in [9.17, 15) is 4.79 Å². The van der Waals surface area contributed by atoms with Crippen LogP contribution in [-0.2, 0) is 4.79 Å². The summed E-state index contributed by atoms with van der Waals surface area (Å²) in [5.74, 6) is -0.202. The summed E-state index contributed by atoms with van der Waals surface area (Å²) in [7, 11) is 0. The highest BCUT2D eigenvalue weighted by Crippen LogP contribution is 2.09. The molecule has 0 spiro atoms. The van der Waals surface area contributed by atoms with E-state index in [1.54, 1.807) is 0 Å². The van der Waals surface area contributed by atoms with Crippen molar-refractivity contribution in [2.45, 2.75) is 70.8 Å². The van der Waals surface area contributed by atoms with Crippen LogP contribution < -0.4 is 11.5 Å². The van der Waals surface area contributed by atoms with Crippen molar-refractivity contribution in [2.75, 3.05) is 0 Å². The van der Waals surface area contributed by atoms with Crippen LogP contribution in [0.1, 0.15) is 64.7 Å². The zero-order chi connectivity index (χ0) is 11.5. The molecule has 0 saturated heterocycles. The summed E-state index contributed by atoms with van der Waals surface area (Å²) in [6, 6.07) is 0.315. The summed E-state index contributed by atoms with van der Waals surface area (Å²) in [5, 5.41) is 0. The van der Waals surface area contributed by atoms with Crippen LogP contribution in [0.25, 0.3) is 0 Å². The number of carbonyl (C=O) groups is 1. The van der Waals surface area contributed by atoms with E-state index < -0.39 is 0 Å². The van der Waals surface area contributed by atoms with Crippen molar-refractivity contribution < 1.29 is 4.79 Å². The van der Waals surface area contributed by atoms with E-state index >= 15 is 0 Å². The molecule has 1 atom stereocenters. The molecule has 1 unspecified atom stereocenters. The smallest absolute Gasteiger partial charge is 0.217 e. The molecule has 0 fully saturated rings. The molecule has 1 amide bonds. The fourth-order valence-corrected chi connectivity index (χ4v) is 1.68. The molecule has 0 aromatic rings. The largest absolute Gasteiger partial charge is 0.370 e. The Labute approximate surface area is 93.6 Å². The van der Waals surface area contributed by atoms with Crippen LogP contribution in [0.2, 0.25) is 0 Å². The number of carbonyl (C=O) groups excluding carboxylic acids is 1. The maximum atomic E-state index is 10.5. The molecule has 0 saturated carbocycles. The maximum Gasteiger partial charge on any atom is 0.217 e. The predicted octanol–water partition coefficient (Wildman–Crippen LogP) is 2.33. The van der Waals surface area contributed by atoms with Gasteiger partial charge < -0.3 is 11.5 Å². The van der Waals surface area contributed by atoms with Crippen molar-refractivity contribution in [1.82, 2.24) is 0 Å². The van der Waals surface area contributed by atoms with Crippen LogP contribution in [0, 0.1) is 0 Å². The third kappa shape index (κ3) is 11.4. The van der Waals surface area contributed by atoms with Crippen LogP contribution in [0.4, 0.5) is 0 Å². The SMILES string of the molecule is CCCCCCC(N)CCCCC(N)=O. The molecule has 0 rings (SSSR count). The van der Waals surface area contributed by atoms with Crippen LogP contribution in [0.15, 0.2) is 0 Å². The Kier molecular flexibility index (Phi) is 9.59. The van der Waals surface area contributed by atoms with E-state index in [1.807, 2.05) is 0 Å². The minimum atomic E-state index is -0.202. The second-order valence-corrected chi connectivity index (χ2v) is 4.32. The van der Waals surface area contributed by atoms with Crippen molar-refractivity contribution in [3.8, 4) is 0 Å². The van der Waals surface area contributed by atoms with E-state index in [2.05, 4.69) is 6.92 Å². The van der Waals surface area contributed by atoms with Gasteiger partial charge in [0, 0.05) is 12.5 Å². The lowest BCUT2D eigenvalue weighted by molar-refractivity contribution is -0.118. The molecule has 90 valence electrons. The topological polar surface area (TPSA) is 69.1 Å². The fraction of sp³-hybridized carbons (Fsp3) is 0.917. The Morgan fingerprint density at radius 2 is 1.67 bits per heavy atom. The van der Waals surface area contributed by atoms with Gasteiger partial charge >= 0.3 is 0 Å². The van der Waals surface area contributed by atoms with Crippen molar-refractivity contribution in [3.05, 3.63) is 0 Å². The van der Waals surface area contributed by atoms with Gasteiger partial charge in [-0.1, -0.05) is 39.0 Å². The van der Waals surface area contributed by atoms with E-state index in [1.165, 1.54) is 25.7 Å². The number of primary amides is 1. The van der Waals surface area contributed by atoms with Gasteiger partial charge in [-0.15, -0.1) is 0 Å². The molecular formula is C12H26N2O. The first-order valence-electron chi connectivity index (χ1n) is 6.20. The summed E-state index contributed by atoms with van der Waals surface area (Å²) in [6.07, 6.45) is 9.69. The minimum Gasteiger partial charge on any atom is -0.370 e. The molecule has 3 nitrogen and oxygen atoms in total. The molecule has 0 aromatic carbocycles. The summed E-state index contributed by atoms with van der Waals surface area (Å²) in [4.78, 5) is 10.5. The second-order valence-electron chi connectivity index (χ2n) is 4.32. The first kappa shape index (κ1) is 14.4. The van der Waals surface area contributed by atoms with Gasteiger partial charge in [-0.05, 0) is 19.3 Å². The molecule has 4 N–H and O–H groups in total. The molecule has 0 aliphatic carbocycles. The number of hydrogen-bond donors (Lipinski definition) is 2. The van der Waals surface area contributed by atoms with Crippen molar-refractivity contribution in [1.29, 1.82) is 0 Å². The Morgan fingerprint density at radius 3 is 2.20 bits per heavy atom. The molecule has 3 heteroatoms. The highest BCUT2D eigenvalue weighted by atomic mass is 16.1. The van der Waals surface area contributed by atoms with Crippen molar-refractivity contribution >= 4 is 5.91 Å². The third-order valence-electron chi connectivity index (χ3n) is 2.68. The summed E-state index contributed by atoms with van der Waals surface area (Å²) in [6.45, 7) is 2.21. The van der Waals surface area contributed by atoms with Crippen LogP contribution >= 0.6 is 0 Å². The Hall–Kier alpha value is -0.570. The number of hydrogen-bond acceptors (Lipinski definition) is 2. The van der Waals surface area contributed by atoms with Gasteiger partial charge in [-0.2, -0.15) is 0 Å². The average molecular weight is 214 g/mol. The summed E-state index contributed by atoms with van der Waals surface area (Å²) >= 11 is 0. The van der Waals surface area contributed by atoms with Gasteiger partial charge in [0.2, 0.25) is 5.91 Å². The minimum absolute atomic E-state index is 0.202. The maximum absolute atomic E-state index is 10.5. The van der Waals surface area contributed by atoms with E-state index in [0.29, 0.717) is 12.5 Å². The quantitative estimate of drug-likeness (QED) is 0.548. The molecule has 0 radical (unpaired) electrons. The molecule has 0 bridgehead atoms. The van der Waals surface area contributed by atoms with Crippen molar-refractivity contribution in [2.24, 2.45) is 11.5 Å². The lowest BCUT2D eigenvalue weighted by Crippen LogP contribution is -2.19. The van der Waals surface area contributed by atoms with Crippen LogP contribution in [0.5, 0.6) is 0 Å². The standard InChI is InChI=1S/C12H26N2O/c1-2-3-4-5-8-11(13)9-6-7-10-12(14)15/h11H,2-10,13H2,1H3,(H2,14,15). The van der Waals surface area contributed by atoms with Gasteiger partial charge in [-0.3, -0.25) is 4.79 Å². The van der Waals surface area contributed by atoms with E-state index in [4.69, 9.17) is 11.5 Å². The highest BCUT2D eigenvalue weighted by molar-refractivity contribution is 5.73. The molecule has 0 aliphatic heterocycles. The monoisotopic (exact) mass is 214 g/mol. The molecule has 0 heterocycles. The van der Waals surface area contributed by atoms with Crippen LogP contribution in [-0.4, -0.2) is 11.9 Å². The Morgan fingerprint density at radius 1 is 1.07 bits per heavy atom. The Bertz CT molecular complexity index is 160.